The minimum absolute atomic E-state index is 0.0418. The standard InChI is InChI=1S/C17H18ClNO/c1-11-7-8-13(15(18)10-11)17(20)14-6-2-4-12-5-3-9-19-16(12)14/h3,5,7-10,14,17,20H,2,4,6H2,1H3. The third-order valence-corrected chi connectivity index (χ3v) is 4.42. The van der Waals surface area contributed by atoms with Crippen molar-refractivity contribution in [3.63, 3.8) is 0 Å². The van der Waals surface area contributed by atoms with Gasteiger partial charge in [0.25, 0.3) is 0 Å². The molecule has 1 N–H and O–H groups in total. The number of pyridine rings is 1. The van der Waals surface area contributed by atoms with Crippen LogP contribution in [0.5, 0.6) is 0 Å². The number of rotatable bonds is 2. The van der Waals surface area contributed by atoms with Crippen LogP contribution in [0.25, 0.3) is 0 Å². The Kier molecular flexibility index (Phi) is 3.77. The van der Waals surface area contributed by atoms with Gasteiger partial charge in [-0.05, 0) is 55.0 Å². The van der Waals surface area contributed by atoms with Gasteiger partial charge in [0.1, 0.15) is 0 Å². The number of hydrogen-bond acceptors (Lipinski definition) is 2. The molecule has 0 fully saturated rings. The van der Waals surface area contributed by atoms with Gasteiger partial charge in [-0.25, -0.2) is 0 Å². The van der Waals surface area contributed by atoms with E-state index in [1.54, 1.807) is 6.20 Å². The summed E-state index contributed by atoms with van der Waals surface area (Å²) >= 11 is 6.29. The van der Waals surface area contributed by atoms with Crippen molar-refractivity contribution in [3.05, 3.63) is 63.9 Å². The summed E-state index contributed by atoms with van der Waals surface area (Å²) in [5.41, 5.74) is 4.20. The summed E-state index contributed by atoms with van der Waals surface area (Å²) in [5.74, 6) is 0.0418. The molecule has 1 aromatic heterocycles. The van der Waals surface area contributed by atoms with Crippen molar-refractivity contribution in [3.8, 4) is 0 Å². The van der Waals surface area contributed by atoms with E-state index in [1.165, 1.54) is 5.56 Å². The lowest BCUT2D eigenvalue weighted by Crippen LogP contribution is -2.18. The van der Waals surface area contributed by atoms with Crippen LogP contribution in [-0.2, 0) is 6.42 Å². The highest BCUT2D eigenvalue weighted by Gasteiger charge is 2.29. The second kappa shape index (κ2) is 5.55. The first kappa shape index (κ1) is 13.6. The van der Waals surface area contributed by atoms with Gasteiger partial charge in [0.2, 0.25) is 0 Å². The van der Waals surface area contributed by atoms with Gasteiger partial charge in [-0.3, -0.25) is 4.98 Å². The van der Waals surface area contributed by atoms with E-state index >= 15 is 0 Å². The number of aromatic nitrogens is 1. The maximum atomic E-state index is 10.7. The normalized spacial score (nSPS) is 19.4. The molecule has 0 saturated heterocycles. The Morgan fingerprint density at radius 2 is 2.20 bits per heavy atom. The summed E-state index contributed by atoms with van der Waals surface area (Å²) in [6, 6.07) is 9.90. The average molecular weight is 288 g/mol. The quantitative estimate of drug-likeness (QED) is 0.898. The maximum absolute atomic E-state index is 10.7. The van der Waals surface area contributed by atoms with Gasteiger partial charge in [-0.2, -0.15) is 0 Å². The lowest BCUT2D eigenvalue weighted by atomic mass is 9.81. The molecule has 2 aromatic rings. The van der Waals surface area contributed by atoms with Crippen molar-refractivity contribution < 1.29 is 5.11 Å². The zero-order valence-electron chi connectivity index (χ0n) is 11.5. The smallest absolute Gasteiger partial charge is 0.0888 e. The predicted octanol–water partition coefficient (Wildman–Crippen LogP) is 4.20. The summed E-state index contributed by atoms with van der Waals surface area (Å²) in [5, 5.41) is 11.4. The van der Waals surface area contributed by atoms with Gasteiger partial charge in [0, 0.05) is 22.8 Å². The minimum Gasteiger partial charge on any atom is -0.388 e. The van der Waals surface area contributed by atoms with E-state index in [-0.39, 0.29) is 5.92 Å². The Morgan fingerprint density at radius 1 is 1.35 bits per heavy atom. The van der Waals surface area contributed by atoms with Crippen molar-refractivity contribution >= 4 is 11.6 Å². The number of halogens is 1. The fourth-order valence-corrected chi connectivity index (χ4v) is 3.39. The molecule has 20 heavy (non-hydrogen) atoms. The SMILES string of the molecule is Cc1ccc(C(O)C2CCCc3cccnc32)c(Cl)c1. The highest BCUT2D eigenvalue weighted by atomic mass is 35.5. The number of aliphatic hydroxyl groups is 1. The molecule has 0 radical (unpaired) electrons. The van der Waals surface area contributed by atoms with Crippen LogP contribution in [0.1, 0.15) is 47.2 Å². The lowest BCUT2D eigenvalue weighted by molar-refractivity contribution is 0.134. The fourth-order valence-electron chi connectivity index (χ4n) is 3.04. The van der Waals surface area contributed by atoms with Crippen LogP contribution in [0.15, 0.2) is 36.5 Å². The van der Waals surface area contributed by atoms with E-state index in [2.05, 4.69) is 11.1 Å². The highest BCUT2D eigenvalue weighted by molar-refractivity contribution is 6.31. The summed E-state index contributed by atoms with van der Waals surface area (Å²) in [6.07, 6.45) is 4.31. The van der Waals surface area contributed by atoms with Crippen molar-refractivity contribution in [2.24, 2.45) is 0 Å². The molecule has 2 unspecified atom stereocenters. The van der Waals surface area contributed by atoms with E-state index in [9.17, 15) is 5.11 Å². The molecule has 0 spiro atoms. The second-order valence-electron chi connectivity index (χ2n) is 5.52. The first-order chi connectivity index (χ1) is 9.66. The fraction of sp³-hybridized carbons (Fsp3) is 0.353. The number of hydrogen-bond donors (Lipinski definition) is 1. The second-order valence-corrected chi connectivity index (χ2v) is 5.92. The van der Waals surface area contributed by atoms with Gasteiger partial charge < -0.3 is 5.11 Å². The first-order valence-electron chi connectivity index (χ1n) is 7.04. The number of nitrogens with zero attached hydrogens (tertiary/aromatic N) is 1. The van der Waals surface area contributed by atoms with Crippen LogP contribution >= 0.6 is 11.6 Å². The molecular weight excluding hydrogens is 270 g/mol. The van der Waals surface area contributed by atoms with E-state index in [0.29, 0.717) is 5.02 Å². The van der Waals surface area contributed by atoms with Crippen molar-refractivity contribution in [2.45, 2.75) is 38.2 Å². The first-order valence-corrected chi connectivity index (χ1v) is 7.42. The molecule has 0 aliphatic heterocycles. The summed E-state index contributed by atoms with van der Waals surface area (Å²) in [4.78, 5) is 4.49. The van der Waals surface area contributed by atoms with Crippen LogP contribution in [0.4, 0.5) is 0 Å². The molecule has 1 aliphatic carbocycles. The van der Waals surface area contributed by atoms with Crippen LogP contribution in [-0.4, -0.2) is 10.1 Å². The predicted molar refractivity (Wildman–Crippen MR) is 81.1 cm³/mol. The van der Waals surface area contributed by atoms with E-state index < -0.39 is 6.10 Å². The van der Waals surface area contributed by atoms with Crippen molar-refractivity contribution in [2.75, 3.05) is 0 Å². The number of benzene rings is 1. The topological polar surface area (TPSA) is 33.1 Å². The van der Waals surface area contributed by atoms with E-state index in [1.807, 2.05) is 31.2 Å². The number of aryl methyl sites for hydroxylation is 2. The van der Waals surface area contributed by atoms with E-state index in [0.717, 1.165) is 36.1 Å². The van der Waals surface area contributed by atoms with Crippen molar-refractivity contribution in [1.82, 2.24) is 4.98 Å². The van der Waals surface area contributed by atoms with Gasteiger partial charge >= 0.3 is 0 Å². The molecule has 2 atom stereocenters. The Balaban J connectivity index is 1.97. The molecule has 1 heterocycles. The molecule has 104 valence electrons. The lowest BCUT2D eigenvalue weighted by Gasteiger charge is -2.29. The molecule has 0 bridgehead atoms. The van der Waals surface area contributed by atoms with Gasteiger partial charge in [-0.1, -0.05) is 29.8 Å². The monoisotopic (exact) mass is 287 g/mol. The summed E-state index contributed by atoms with van der Waals surface area (Å²) in [7, 11) is 0. The summed E-state index contributed by atoms with van der Waals surface area (Å²) < 4.78 is 0. The molecule has 2 nitrogen and oxygen atoms in total. The zero-order valence-corrected chi connectivity index (χ0v) is 12.3. The van der Waals surface area contributed by atoms with Crippen LogP contribution in [0.3, 0.4) is 0 Å². The number of aliphatic hydroxyl groups excluding tert-OH is 1. The van der Waals surface area contributed by atoms with Crippen LogP contribution < -0.4 is 0 Å². The molecular formula is C17H18ClNO. The summed E-state index contributed by atoms with van der Waals surface area (Å²) in [6.45, 7) is 2.00. The Labute approximate surface area is 124 Å². The maximum Gasteiger partial charge on any atom is 0.0888 e. The third kappa shape index (κ3) is 2.46. The highest BCUT2D eigenvalue weighted by Crippen LogP contribution is 2.41. The van der Waals surface area contributed by atoms with Crippen LogP contribution in [0.2, 0.25) is 5.02 Å². The number of fused-ring (bicyclic) bond motifs is 1. The molecule has 1 aromatic carbocycles. The van der Waals surface area contributed by atoms with Gasteiger partial charge in [-0.15, -0.1) is 0 Å². The average Bonchev–Trinajstić information content (AvgIpc) is 2.46. The molecule has 0 saturated carbocycles. The molecule has 3 heteroatoms. The van der Waals surface area contributed by atoms with Crippen molar-refractivity contribution in [1.29, 1.82) is 0 Å². The van der Waals surface area contributed by atoms with Gasteiger partial charge in [0.05, 0.1) is 6.10 Å². The van der Waals surface area contributed by atoms with E-state index in [4.69, 9.17) is 11.6 Å². The Morgan fingerprint density at radius 3 is 3.00 bits per heavy atom. The third-order valence-electron chi connectivity index (χ3n) is 4.09. The minimum atomic E-state index is -0.586. The molecule has 1 aliphatic rings. The molecule has 0 amide bonds. The Bertz CT molecular complexity index is 626. The van der Waals surface area contributed by atoms with Gasteiger partial charge in [0.15, 0.2) is 0 Å². The largest absolute Gasteiger partial charge is 0.388 e. The Hall–Kier alpha value is -1.38. The zero-order chi connectivity index (χ0) is 14.1. The molecule has 3 rings (SSSR count). The van der Waals surface area contributed by atoms with Crippen LogP contribution in [0, 0.1) is 6.92 Å².